The highest BCUT2D eigenvalue weighted by atomic mass is 15.0. The van der Waals surface area contributed by atoms with Crippen LogP contribution in [0.3, 0.4) is 0 Å². The van der Waals surface area contributed by atoms with E-state index in [2.05, 4.69) is 25.2 Å². The highest BCUT2D eigenvalue weighted by molar-refractivity contribution is 5.23. The third-order valence-electron chi connectivity index (χ3n) is 5.04. The summed E-state index contributed by atoms with van der Waals surface area (Å²) in [7, 11) is 0. The van der Waals surface area contributed by atoms with Gasteiger partial charge in [0, 0.05) is 5.54 Å². The Morgan fingerprint density at radius 2 is 1.78 bits per heavy atom. The van der Waals surface area contributed by atoms with Crippen LogP contribution in [0.15, 0.2) is 11.6 Å². The molecule has 1 heteroatoms. The van der Waals surface area contributed by atoms with Crippen molar-refractivity contribution in [3.05, 3.63) is 11.6 Å². The van der Waals surface area contributed by atoms with Gasteiger partial charge in [-0.15, -0.1) is 0 Å². The summed E-state index contributed by atoms with van der Waals surface area (Å²) in [4.78, 5) is 0. The first-order chi connectivity index (χ1) is 8.76. The lowest BCUT2D eigenvalue weighted by Crippen LogP contribution is -2.50. The van der Waals surface area contributed by atoms with Crippen molar-refractivity contribution in [2.45, 2.75) is 83.6 Å². The molecule has 0 aromatic heterocycles. The minimum Gasteiger partial charge on any atom is -0.307 e. The summed E-state index contributed by atoms with van der Waals surface area (Å²) in [6.07, 6.45) is 16.5. The van der Waals surface area contributed by atoms with Crippen molar-refractivity contribution >= 4 is 0 Å². The molecule has 1 aliphatic carbocycles. The number of nitrogens with one attached hydrogen (secondary N) is 1. The number of allylic oxidation sites excluding steroid dienone is 1. The van der Waals surface area contributed by atoms with E-state index in [1.807, 2.05) is 0 Å². The Bertz CT molecular complexity index is 269. The lowest BCUT2D eigenvalue weighted by atomic mass is 9.73. The Balaban J connectivity index is 2.20. The van der Waals surface area contributed by atoms with E-state index in [1.54, 1.807) is 5.57 Å². The van der Waals surface area contributed by atoms with Crippen molar-refractivity contribution in [2.24, 2.45) is 5.92 Å². The van der Waals surface area contributed by atoms with Gasteiger partial charge in [-0.2, -0.15) is 0 Å². The van der Waals surface area contributed by atoms with Crippen molar-refractivity contribution in [3.63, 3.8) is 0 Å². The van der Waals surface area contributed by atoms with Gasteiger partial charge in [-0.3, -0.25) is 0 Å². The zero-order chi connectivity index (χ0) is 12.8. The van der Waals surface area contributed by atoms with E-state index in [1.165, 1.54) is 70.8 Å². The second kappa shape index (κ2) is 6.75. The summed E-state index contributed by atoms with van der Waals surface area (Å²) >= 11 is 0. The Labute approximate surface area is 113 Å². The van der Waals surface area contributed by atoms with Crippen LogP contribution in [0.4, 0.5) is 0 Å². The van der Waals surface area contributed by atoms with E-state index in [-0.39, 0.29) is 0 Å². The van der Waals surface area contributed by atoms with Crippen molar-refractivity contribution in [3.8, 4) is 0 Å². The summed E-state index contributed by atoms with van der Waals surface area (Å²) in [6.45, 7) is 6.05. The third-order valence-corrected chi connectivity index (χ3v) is 5.04. The topological polar surface area (TPSA) is 12.0 Å². The lowest BCUT2D eigenvalue weighted by molar-refractivity contribution is 0.265. The molecule has 1 atom stereocenters. The summed E-state index contributed by atoms with van der Waals surface area (Å²) < 4.78 is 0. The summed E-state index contributed by atoms with van der Waals surface area (Å²) in [5.74, 6) is 0.723. The molecule has 0 radical (unpaired) electrons. The van der Waals surface area contributed by atoms with Gasteiger partial charge in [0.2, 0.25) is 0 Å². The van der Waals surface area contributed by atoms with Gasteiger partial charge in [0.05, 0.1) is 0 Å². The van der Waals surface area contributed by atoms with Gasteiger partial charge >= 0.3 is 0 Å². The van der Waals surface area contributed by atoms with Gasteiger partial charge in [-0.25, -0.2) is 0 Å². The van der Waals surface area contributed by atoms with E-state index >= 15 is 0 Å². The average Bonchev–Trinajstić information content (AvgIpc) is 2.55. The Morgan fingerprint density at radius 1 is 1.00 bits per heavy atom. The quantitative estimate of drug-likeness (QED) is 0.691. The summed E-state index contributed by atoms with van der Waals surface area (Å²) in [5, 5.41) is 3.94. The van der Waals surface area contributed by atoms with Gasteiger partial charge in [-0.05, 0) is 51.0 Å². The van der Waals surface area contributed by atoms with Crippen molar-refractivity contribution in [1.82, 2.24) is 5.32 Å². The maximum Gasteiger partial charge on any atom is 0.0417 e. The van der Waals surface area contributed by atoms with Crippen LogP contribution in [-0.2, 0) is 0 Å². The molecular formula is C17H31N. The molecule has 0 aromatic rings. The highest BCUT2D eigenvalue weighted by Crippen LogP contribution is 2.37. The molecule has 1 aliphatic heterocycles. The van der Waals surface area contributed by atoms with Crippen LogP contribution >= 0.6 is 0 Å². The van der Waals surface area contributed by atoms with Crippen LogP contribution < -0.4 is 5.32 Å². The first-order valence-corrected chi connectivity index (χ1v) is 8.20. The summed E-state index contributed by atoms with van der Waals surface area (Å²) in [6, 6.07) is 0. The molecule has 2 aliphatic rings. The van der Waals surface area contributed by atoms with Crippen LogP contribution in [-0.4, -0.2) is 12.1 Å². The molecule has 1 heterocycles. The second-order valence-corrected chi connectivity index (χ2v) is 6.55. The molecule has 18 heavy (non-hydrogen) atoms. The molecular weight excluding hydrogens is 218 g/mol. The molecule has 0 bridgehead atoms. The molecule has 0 saturated carbocycles. The van der Waals surface area contributed by atoms with E-state index in [9.17, 15) is 0 Å². The van der Waals surface area contributed by atoms with Crippen LogP contribution in [0.2, 0.25) is 0 Å². The second-order valence-electron chi connectivity index (χ2n) is 6.55. The number of hydrogen-bond acceptors (Lipinski definition) is 1. The van der Waals surface area contributed by atoms with Crippen LogP contribution in [0.25, 0.3) is 0 Å². The standard InChI is InChI=1S/C17H31N/c1-15(2)17(13-9-6-10-14-18-17)16-11-7-4-3-5-8-12-16/h11,15,18H,3-10,12-14H2,1-2H3. The molecule has 104 valence electrons. The fourth-order valence-electron chi connectivity index (χ4n) is 3.84. The number of rotatable bonds is 2. The molecule has 1 saturated heterocycles. The Morgan fingerprint density at radius 3 is 2.61 bits per heavy atom. The molecule has 1 unspecified atom stereocenters. The van der Waals surface area contributed by atoms with Gasteiger partial charge in [0.1, 0.15) is 0 Å². The monoisotopic (exact) mass is 249 g/mol. The zero-order valence-corrected chi connectivity index (χ0v) is 12.4. The minimum atomic E-state index is 0.327. The first-order valence-electron chi connectivity index (χ1n) is 8.20. The summed E-state index contributed by atoms with van der Waals surface area (Å²) in [5.41, 5.74) is 2.08. The van der Waals surface area contributed by atoms with Gasteiger partial charge in [0.15, 0.2) is 0 Å². The van der Waals surface area contributed by atoms with E-state index < -0.39 is 0 Å². The van der Waals surface area contributed by atoms with Gasteiger partial charge in [0.25, 0.3) is 0 Å². The van der Waals surface area contributed by atoms with Crippen molar-refractivity contribution < 1.29 is 0 Å². The van der Waals surface area contributed by atoms with E-state index in [4.69, 9.17) is 0 Å². The lowest BCUT2D eigenvalue weighted by Gasteiger charge is -2.41. The first kappa shape index (κ1) is 14.1. The molecule has 0 aromatic carbocycles. The molecule has 0 spiro atoms. The Hall–Kier alpha value is -0.300. The van der Waals surface area contributed by atoms with Crippen molar-refractivity contribution in [1.29, 1.82) is 0 Å². The molecule has 1 N–H and O–H groups in total. The number of hydrogen-bond donors (Lipinski definition) is 1. The maximum atomic E-state index is 3.94. The SMILES string of the molecule is CC(C)C1(C2=CCCCCCC2)CCCCCN1. The predicted molar refractivity (Wildman–Crippen MR) is 79.8 cm³/mol. The fourth-order valence-corrected chi connectivity index (χ4v) is 3.84. The fraction of sp³-hybridized carbons (Fsp3) is 0.882. The smallest absolute Gasteiger partial charge is 0.0417 e. The normalized spacial score (nSPS) is 31.4. The van der Waals surface area contributed by atoms with Gasteiger partial charge in [-0.1, -0.05) is 51.2 Å². The van der Waals surface area contributed by atoms with Crippen LogP contribution in [0.1, 0.15) is 78.1 Å². The maximum absolute atomic E-state index is 3.94. The molecule has 2 rings (SSSR count). The predicted octanol–water partition coefficient (Wildman–Crippen LogP) is 4.83. The van der Waals surface area contributed by atoms with Crippen LogP contribution in [0.5, 0.6) is 0 Å². The molecule has 0 amide bonds. The molecule has 1 fully saturated rings. The largest absolute Gasteiger partial charge is 0.307 e. The zero-order valence-electron chi connectivity index (χ0n) is 12.4. The Kier molecular flexibility index (Phi) is 5.29. The minimum absolute atomic E-state index is 0.327. The third kappa shape index (κ3) is 3.17. The average molecular weight is 249 g/mol. The van der Waals surface area contributed by atoms with E-state index in [0.717, 1.165) is 5.92 Å². The molecule has 1 nitrogen and oxygen atoms in total. The highest BCUT2D eigenvalue weighted by Gasteiger charge is 2.36. The van der Waals surface area contributed by atoms with E-state index in [0.29, 0.717) is 5.54 Å². The van der Waals surface area contributed by atoms with Crippen LogP contribution in [0, 0.1) is 5.92 Å². The van der Waals surface area contributed by atoms with Gasteiger partial charge < -0.3 is 5.32 Å². The van der Waals surface area contributed by atoms with Crippen molar-refractivity contribution in [2.75, 3.05) is 6.54 Å².